The first-order valence-electron chi connectivity index (χ1n) is 11.1. The Morgan fingerprint density at radius 2 is 1.53 bits per heavy atom. The van der Waals surface area contributed by atoms with Gasteiger partial charge in [-0.1, -0.05) is 24.3 Å². The third-order valence-electron chi connectivity index (χ3n) is 5.53. The molecule has 0 spiro atoms. The summed E-state index contributed by atoms with van der Waals surface area (Å²) in [6.07, 6.45) is 0.480. The van der Waals surface area contributed by atoms with Crippen molar-refractivity contribution in [2.24, 2.45) is 0 Å². The van der Waals surface area contributed by atoms with Crippen LogP contribution in [-0.4, -0.2) is 56.4 Å². The van der Waals surface area contributed by atoms with Crippen LogP contribution in [0.3, 0.4) is 0 Å². The Bertz CT molecular complexity index is 1200. The van der Waals surface area contributed by atoms with Crippen molar-refractivity contribution >= 4 is 11.9 Å². The zero-order valence-electron chi connectivity index (χ0n) is 20.3. The normalized spacial score (nSPS) is 10.4. The summed E-state index contributed by atoms with van der Waals surface area (Å²) >= 11 is 0. The van der Waals surface area contributed by atoms with Crippen LogP contribution >= 0.6 is 0 Å². The molecule has 1 N–H and O–H groups in total. The maximum absolute atomic E-state index is 13.3. The third-order valence-corrected chi connectivity index (χ3v) is 5.53. The average molecular weight is 498 g/mol. The highest BCUT2D eigenvalue weighted by Crippen LogP contribution is 2.31. The fourth-order valence-corrected chi connectivity index (χ4v) is 3.63. The largest absolute Gasteiger partial charge is 0.493 e. The molecule has 0 aliphatic carbocycles. The van der Waals surface area contributed by atoms with Gasteiger partial charge in [0.25, 0.3) is 5.91 Å². The van der Waals surface area contributed by atoms with Gasteiger partial charge in [0, 0.05) is 13.1 Å². The molecule has 0 aliphatic rings. The quantitative estimate of drug-likeness (QED) is 0.401. The van der Waals surface area contributed by atoms with Gasteiger partial charge in [-0.15, -0.1) is 0 Å². The van der Waals surface area contributed by atoms with Crippen molar-refractivity contribution in [2.45, 2.75) is 13.0 Å². The van der Waals surface area contributed by atoms with E-state index in [0.717, 1.165) is 11.1 Å². The molecule has 0 bridgehead atoms. The van der Waals surface area contributed by atoms with E-state index in [1.807, 2.05) is 6.07 Å². The minimum absolute atomic E-state index is 0.0227. The Morgan fingerprint density at radius 3 is 2.17 bits per heavy atom. The summed E-state index contributed by atoms with van der Waals surface area (Å²) < 4.78 is 34.8. The number of carboxylic acids is 1. The van der Waals surface area contributed by atoms with Gasteiger partial charge >= 0.3 is 5.97 Å². The Morgan fingerprint density at radius 1 is 0.861 bits per heavy atom. The van der Waals surface area contributed by atoms with Crippen LogP contribution in [0.15, 0.2) is 60.7 Å². The van der Waals surface area contributed by atoms with Crippen molar-refractivity contribution in [3.8, 4) is 23.0 Å². The van der Waals surface area contributed by atoms with Gasteiger partial charge in [-0.25, -0.2) is 9.18 Å². The van der Waals surface area contributed by atoms with Crippen LogP contribution in [0, 0.1) is 5.82 Å². The Balaban J connectivity index is 1.81. The lowest BCUT2D eigenvalue weighted by atomic mass is 10.1. The molecule has 3 aromatic rings. The fourth-order valence-electron chi connectivity index (χ4n) is 3.63. The molecule has 0 aromatic heterocycles. The summed E-state index contributed by atoms with van der Waals surface area (Å²) in [6.45, 7) is 0.151. The Labute approximate surface area is 208 Å². The van der Waals surface area contributed by atoms with Crippen molar-refractivity contribution in [3.63, 3.8) is 0 Å². The number of amides is 1. The van der Waals surface area contributed by atoms with Crippen LogP contribution in [0.1, 0.15) is 21.5 Å². The van der Waals surface area contributed by atoms with E-state index < -0.39 is 12.6 Å². The lowest BCUT2D eigenvalue weighted by Crippen LogP contribution is -2.36. The molecule has 0 radical (unpaired) electrons. The molecule has 0 unspecified atom stereocenters. The van der Waals surface area contributed by atoms with E-state index in [4.69, 9.17) is 18.9 Å². The zero-order chi connectivity index (χ0) is 26.1. The maximum atomic E-state index is 13.3. The van der Waals surface area contributed by atoms with Gasteiger partial charge < -0.3 is 29.0 Å². The SMILES string of the molecule is COc1ccc(CN(CCc2ccc(F)cc2)C(=O)COc2c(OC)cccc2C(=O)O)cc1OC. The van der Waals surface area contributed by atoms with Gasteiger partial charge in [0.1, 0.15) is 11.4 Å². The van der Waals surface area contributed by atoms with E-state index >= 15 is 0 Å². The zero-order valence-corrected chi connectivity index (χ0v) is 20.3. The van der Waals surface area contributed by atoms with Gasteiger partial charge in [-0.05, 0) is 53.9 Å². The van der Waals surface area contributed by atoms with E-state index in [1.165, 1.54) is 45.6 Å². The van der Waals surface area contributed by atoms with E-state index in [-0.39, 0.29) is 35.3 Å². The Kier molecular flexibility index (Phi) is 9.10. The molecular weight excluding hydrogens is 469 g/mol. The minimum Gasteiger partial charge on any atom is -0.493 e. The fraction of sp³-hybridized carbons (Fsp3) is 0.259. The minimum atomic E-state index is -1.20. The number of carboxylic acid groups (broad SMARTS) is 1. The molecule has 3 rings (SSSR count). The lowest BCUT2D eigenvalue weighted by Gasteiger charge is -2.24. The van der Waals surface area contributed by atoms with Crippen LogP contribution in [0.5, 0.6) is 23.0 Å². The number of hydrogen-bond donors (Lipinski definition) is 1. The van der Waals surface area contributed by atoms with Gasteiger partial charge in [0.15, 0.2) is 29.6 Å². The van der Waals surface area contributed by atoms with Crippen molar-refractivity contribution in [1.82, 2.24) is 4.90 Å². The molecule has 0 saturated heterocycles. The standard InChI is InChI=1S/C27H28FNO7/c1-33-22-12-9-19(15-24(22)35-3)16-29(14-13-18-7-10-20(28)11-8-18)25(30)17-36-26-21(27(31)32)5-4-6-23(26)34-2/h4-12,15H,13-14,16-17H2,1-3H3,(H,31,32). The summed E-state index contributed by atoms with van der Waals surface area (Å²) in [4.78, 5) is 26.5. The first kappa shape index (κ1) is 26.3. The van der Waals surface area contributed by atoms with Crippen LogP contribution in [-0.2, 0) is 17.8 Å². The number of nitrogens with zero attached hydrogens (tertiary/aromatic N) is 1. The summed E-state index contributed by atoms with van der Waals surface area (Å²) in [5, 5.41) is 9.50. The smallest absolute Gasteiger partial charge is 0.339 e. The molecule has 0 aliphatic heterocycles. The van der Waals surface area contributed by atoms with Gasteiger partial charge in [0.05, 0.1) is 21.3 Å². The van der Waals surface area contributed by atoms with Gasteiger partial charge in [-0.3, -0.25) is 4.79 Å². The second-order valence-corrected chi connectivity index (χ2v) is 7.81. The number of carbonyl (C=O) groups excluding carboxylic acids is 1. The van der Waals surface area contributed by atoms with E-state index in [2.05, 4.69) is 0 Å². The molecule has 1 amide bonds. The second-order valence-electron chi connectivity index (χ2n) is 7.81. The molecule has 0 fully saturated rings. The van der Waals surface area contributed by atoms with Crippen LogP contribution in [0.4, 0.5) is 4.39 Å². The molecule has 0 atom stereocenters. The molecule has 36 heavy (non-hydrogen) atoms. The highest BCUT2D eigenvalue weighted by atomic mass is 19.1. The number of para-hydroxylation sites is 1. The molecule has 8 nitrogen and oxygen atoms in total. The summed E-state index contributed by atoms with van der Waals surface area (Å²) in [6, 6.07) is 15.9. The number of hydrogen-bond acceptors (Lipinski definition) is 6. The number of benzene rings is 3. The topological polar surface area (TPSA) is 94.5 Å². The van der Waals surface area contributed by atoms with E-state index in [0.29, 0.717) is 24.5 Å². The molecule has 9 heteroatoms. The molecule has 3 aromatic carbocycles. The van der Waals surface area contributed by atoms with Crippen molar-refractivity contribution in [3.05, 3.63) is 83.2 Å². The van der Waals surface area contributed by atoms with Crippen molar-refractivity contribution < 1.29 is 38.0 Å². The second kappa shape index (κ2) is 12.4. The number of carbonyl (C=O) groups is 2. The summed E-state index contributed by atoms with van der Waals surface area (Å²) in [5.41, 5.74) is 1.55. The summed E-state index contributed by atoms with van der Waals surface area (Å²) in [7, 11) is 4.46. The van der Waals surface area contributed by atoms with E-state index in [9.17, 15) is 19.1 Å². The predicted molar refractivity (Wildman–Crippen MR) is 131 cm³/mol. The number of rotatable bonds is 12. The van der Waals surface area contributed by atoms with Crippen molar-refractivity contribution in [2.75, 3.05) is 34.5 Å². The third kappa shape index (κ3) is 6.65. The number of halogens is 1. The number of aromatic carboxylic acids is 1. The van der Waals surface area contributed by atoms with E-state index in [1.54, 1.807) is 35.2 Å². The van der Waals surface area contributed by atoms with Crippen LogP contribution in [0.25, 0.3) is 0 Å². The monoisotopic (exact) mass is 497 g/mol. The molecular formula is C27H28FNO7. The molecule has 0 heterocycles. The number of ether oxygens (including phenoxy) is 4. The maximum Gasteiger partial charge on any atom is 0.339 e. The Hall–Kier alpha value is -4.27. The predicted octanol–water partition coefficient (Wildman–Crippen LogP) is 4.20. The summed E-state index contributed by atoms with van der Waals surface area (Å²) in [5.74, 6) is -0.630. The first-order valence-corrected chi connectivity index (χ1v) is 11.1. The highest BCUT2D eigenvalue weighted by Gasteiger charge is 2.21. The average Bonchev–Trinajstić information content (AvgIpc) is 2.89. The van der Waals surface area contributed by atoms with Gasteiger partial charge in [-0.2, -0.15) is 0 Å². The number of methoxy groups -OCH3 is 3. The first-order chi connectivity index (χ1) is 17.4. The van der Waals surface area contributed by atoms with Crippen LogP contribution in [0.2, 0.25) is 0 Å². The van der Waals surface area contributed by atoms with Gasteiger partial charge in [0.2, 0.25) is 0 Å². The molecule has 190 valence electrons. The molecule has 0 saturated carbocycles. The van der Waals surface area contributed by atoms with Crippen LogP contribution < -0.4 is 18.9 Å². The van der Waals surface area contributed by atoms with Crippen molar-refractivity contribution in [1.29, 1.82) is 0 Å². The highest BCUT2D eigenvalue weighted by molar-refractivity contribution is 5.92. The lowest BCUT2D eigenvalue weighted by molar-refractivity contribution is -0.134.